The number of imidazole rings is 1. The number of hydrogen-bond donors (Lipinski definition) is 1. The van der Waals surface area contributed by atoms with E-state index in [1.165, 1.54) is 0 Å². The number of likely N-dealkylation sites (tertiary alicyclic amines) is 1. The Balaban J connectivity index is 1.36. The number of hydrogen-bond acceptors (Lipinski definition) is 4. The van der Waals surface area contributed by atoms with Crippen LogP contribution in [0.2, 0.25) is 0 Å². The molecule has 1 saturated carbocycles. The summed E-state index contributed by atoms with van der Waals surface area (Å²) in [5.74, 6) is -0.0503. The van der Waals surface area contributed by atoms with Gasteiger partial charge in [0, 0.05) is 18.7 Å². The monoisotopic (exact) mass is 448 g/mol. The summed E-state index contributed by atoms with van der Waals surface area (Å²) in [7, 11) is 0. The maximum atomic E-state index is 13.2. The van der Waals surface area contributed by atoms with Crippen LogP contribution in [0.25, 0.3) is 16.8 Å². The second-order valence-electron chi connectivity index (χ2n) is 7.97. The van der Waals surface area contributed by atoms with Gasteiger partial charge in [0.2, 0.25) is 5.91 Å². The third kappa shape index (κ3) is 3.91. The molecule has 10 heteroatoms. The molecule has 1 saturated heterocycles. The van der Waals surface area contributed by atoms with Crippen LogP contribution in [0, 0.1) is 5.92 Å². The Bertz CT molecular complexity index is 1170. The number of alkyl halides is 3. The van der Waals surface area contributed by atoms with Gasteiger partial charge < -0.3 is 14.6 Å². The lowest BCUT2D eigenvalue weighted by atomic mass is 10.1. The maximum Gasteiger partial charge on any atom is 0.408 e. The molecule has 2 aliphatic rings. The van der Waals surface area contributed by atoms with Crippen LogP contribution >= 0.6 is 11.3 Å². The molecule has 2 amide bonds. The second-order valence-corrected chi connectivity index (χ2v) is 8.88. The summed E-state index contributed by atoms with van der Waals surface area (Å²) in [6.45, 7) is 0.118. The zero-order chi connectivity index (χ0) is 21.8. The van der Waals surface area contributed by atoms with Crippen LogP contribution in [-0.2, 0) is 4.79 Å². The Hall–Kier alpha value is -2.88. The zero-order valence-corrected chi connectivity index (χ0v) is 17.2. The molecule has 2 fully saturated rings. The van der Waals surface area contributed by atoms with E-state index in [1.807, 2.05) is 12.3 Å². The minimum Gasteiger partial charge on any atom is -0.326 e. The fourth-order valence-electron chi connectivity index (χ4n) is 3.89. The Morgan fingerprint density at radius 2 is 1.94 bits per heavy atom. The summed E-state index contributed by atoms with van der Waals surface area (Å²) in [6, 6.07) is 3.55. The largest absolute Gasteiger partial charge is 0.408 e. The molecule has 5 rings (SSSR count). The highest BCUT2D eigenvalue weighted by molar-refractivity contribution is 7.12. The standard InChI is InChI=1S/C21H19F3N4O2S/c22-21(23,24)16-2-1-7-28(16)20(30)15-8-14(11-31-15)13-5-6-18-25-17(10-27(18)9-13)26-19(29)12-3-4-12/h5-6,8-12,16H,1-4,7H2,(H,26,29). The number of carbonyl (C=O) groups is 2. The second kappa shape index (κ2) is 7.37. The van der Waals surface area contributed by atoms with E-state index in [-0.39, 0.29) is 29.7 Å². The van der Waals surface area contributed by atoms with E-state index in [0.29, 0.717) is 17.9 Å². The highest BCUT2D eigenvalue weighted by atomic mass is 32.1. The zero-order valence-electron chi connectivity index (χ0n) is 16.4. The fourth-order valence-corrected chi connectivity index (χ4v) is 4.76. The van der Waals surface area contributed by atoms with Gasteiger partial charge >= 0.3 is 6.18 Å². The topological polar surface area (TPSA) is 66.7 Å². The highest BCUT2D eigenvalue weighted by Crippen LogP contribution is 2.35. The fraction of sp³-hybridized carbons (Fsp3) is 0.381. The molecule has 1 unspecified atom stereocenters. The summed E-state index contributed by atoms with van der Waals surface area (Å²) in [4.78, 5) is 30.2. The molecule has 0 radical (unpaired) electrons. The summed E-state index contributed by atoms with van der Waals surface area (Å²) < 4.78 is 41.4. The van der Waals surface area contributed by atoms with Crippen molar-refractivity contribution in [3.63, 3.8) is 0 Å². The normalized spacial score (nSPS) is 19.2. The van der Waals surface area contributed by atoms with Crippen molar-refractivity contribution in [2.75, 3.05) is 11.9 Å². The average Bonchev–Trinajstić information content (AvgIpc) is 3.13. The molecule has 0 aromatic carbocycles. The summed E-state index contributed by atoms with van der Waals surface area (Å²) in [6.07, 6.45) is 1.24. The lowest BCUT2D eigenvalue weighted by Crippen LogP contribution is -2.44. The number of amides is 2. The molecule has 4 heterocycles. The van der Waals surface area contributed by atoms with Crippen molar-refractivity contribution >= 4 is 34.6 Å². The molecule has 0 spiro atoms. The maximum absolute atomic E-state index is 13.2. The van der Waals surface area contributed by atoms with Crippen LogP contribution in [0.5, 0.6) is 0 Å². The van der Waals surface area contributed by atoms with Gasteiger partial charge in [-0.3, -0.25) is 9.59 Å². The lowest BCUT2D eigenvalue weighted by Gasteiger charge is -2.26. The van der Waals surface area contributed by atoms with Crippen LogP contribution in [0.4, 0.5) is 19.0 Å². The SMILES string of the molecule is O=C(Nc1cn2cc(-c3csc(C(=O)N4CCCC4C(F)(F)F)c3)ccc2n1)C1CC1. The Morgan fingerprint density at radius 1 is 1.13 bits per heavy atom. The molecule has 31 heavy (non-hydrogen) atoms. The molecule has 1 N–H and O–H groups in total. The van der Waals surface area contributed by atoms with E-state index in [2.05, 4.69) is 10.3 Å². The van der Waals surface area contributed by atoms with Crippen molar-refractivity contribution in [2.24, 2.45) is 5.92 Å². The third-order valence-corrected chi connectivity index (χ3v) is 6.60. The molecule has 3 aromatic rings. The van der Waals surface area contributed by atoms with E-state index in [0.717, 1.165) is 40.2 Å². The molecule has 3 aromatic heterocycles. The first-order valence-corrected chi connectivity index (χ1v) is 10.9. The minimum atomic E-state index is -4.41. The van der Waals surface area contributed by atoms with E-state index in [1.54, 1.807) is 28.1 Å². The predicted molar refractivity (Wildman–Crippen MR) is 110 cm³/mol. The van der Waals surface area contributed by atoms with Gasteiger partial charge in [-0.05, 0) is 60.4 Å². The van der Waals surface area contributed by atoms with Gasteiger partial charge in [-0.1, -0.05) is 0 Å². The number of halogens is 3. The van der Waals surface area contributed by atoms with Crippen molar-refractivity contribution in [3.05, 3.63) is 40.8 Å². The predicted octanol–water partition coefficient (Wildman–Crippen LogP) is 4.58. The van der Waals surface area contributed by atoms with Gasteiger partial charge in [0.1, 0.15) is 11.7 Å². The minimum absolute atomic E-state index is 0.0244. The van der Waals surface area contributed by atoms with E-state index >= 15 is 0 Å². The van der Waals surface area contributed by atoms with Gasteiger partial charge in [0.15, 0.2) is 5.82 Å². The molecule has 1 aliphatic heterocycles. The number of anilines is 1. The van der Waals surface area contributed by atoms with Crippen LogP contribution in [0.3, 0.4) is 0 Å². The van der Waals surface area contributed by atoms with E-state index < -0.39 is 18.1 Å². The van der Waals surface area contributed by atoms with Crippen molar-refractivity contribution < 1.29 is 22.8 Å². The first kappa shape index (κ1) is 20.0. The number of thiophene rings is 1. The van der Waals surface area contributed by atoms with Gasteiger partial charge in [0.25, 0.3) is 5.91 Å². The van der Waals surface area contributed by atoms with Gasteiger partial charge in [-0.25, -0.2) is 4.98 Å². The molecule has 1 atom stereocenters. The third-order valence-electron chi connectivity index (χ3n) is 5.69. The number of nitrogens with zero attached hydrogens (tertiary/aromatic N) is 3. The lowest BCUT2D eigenvalue weighted by molar-refractivity contribution is -0.169. The van der Waals surface area contributed by atoms with Crippen molar-refractivity contribution in [2.45, 2.75) is 37.9 Å². The summed E-state index contributed by atoms with van der Waals surface area (Å²) in [5.41, 5.74) is 2.20. The Morgan fingerprint density at radius 3 is 2.68 bits per heavy atom. The molecule has 0 bridgehead atoms. The number of carbonyl (C=O) groups excluding carboxylic acids is 2. The van der Waals surface area contributed by atoms with E-state index in [9.17, 15) is 22.8 Å². The van der Waals surface area contributed by atoms with Crippen LogP contribution < -0.4 is 5.32 Å². The number of pyridine rings is 1. The molecule has 1 aliphatic carbocycles. The van der Waals surface area contributed by atoms with Gasteiger partial charge in [-0.2, -0.15) is 13.2 Å². The summed E-state index contributed by atoms with van der Waals surface area (Å²) in [5, 5.41) is 4.57. The Labute approximate surface area is 179 Å². The van der Waals surface area contributed by atoms with Crippen LogP contribution in [-0.4, -0.2) is 44.9 Å². The molecule has 162 valence electrons. The molecule has 6 nitrogen and oxygen atoms in total. The Kier molecular flexibility index (Phi) is 4.76. The number of aromatic nitrogens is 2. The number of nitrogens with one attached hydrogen (secondary N) is 1. The quantitative estimate of drug-likeness (QED) is 0.636. The van der Waals surface area contributed by atoms with E-state index in [4.69, 9.17) is 0 Å². The van der Waals surface area contributed by atoms with Gasteiger partial charge in [0.05, 0.1) is 11.1 Å². The smallest absolute Gasteiger partial charge is 0.326 e. The van der Waals surface area contributed by atoms with Gasteiger partial charge in [-0.15, -0.1) is 11.3 Å². The van der Waals surface area contributed by atoms with Crippen molar-refractivity contribution in [1.82, 2.24) is 14.3 Å². The van der Waals surface area contributed by atoms with Crippen molar-refractivity contribution in [3.8, 4) is 11.1 Å². The van der Waals surface area contributed by atoms with Crippen molar-refractivity contribution in [1.29, 1.82) is 0 Å². The first-order valence-electron chi connectivity index (χ1n) is 10.1. The van der Waals surface area contributed by atoms with Crippen LogP contribution in [0.1, 0.15) is 35.4 Å². The highest BCUT2D eigenvalue weighted by Gasteiger charge is 2.48. The number of rotatable bonds is 4. The first-order chi connectivity index (χ1) is 14.8. The van der Waals surface area contributed by atoms with Crippen LogP contribution in [0.15, 0.2) is 36.0 Å². The molecular weight excluding hydrogens is 429 g/mol. The summed E-state index contributed by atoms with van der Waals surface area (Å²) >= 11 is 1.14. The average molecular weight is 448 g/mol. The molecular formula is C21H19F3N4O2S. The number of fused-ring (bicyclic) bond motifs is 1.